The summed E-state index contributed by atoms with van der Waals surface area (Å²) < 4.78 is 82.8. The van der Waals surface area contributed by atoms with Crippen molar-refractivity contribution in [2.24, 2.45) is 0 Å². The third-order valence-corrected chi connectivity index (χ3v) is 13.8. The Bertz CT molecular complexity index is 1710. The number of rotatable bonds is 22. The Kier molecular flexibility index (Phi) is 19.6. The second-order valence-electron chi connectivity index (χ2n) is 18.6. The predicted octanol–water partition coefficient (Wildman–Crippen LogP) is -13.3. The maximum Gasteiger partial charge on any atom is 0.187 e. The van der Waals surface area contributed by atoms with Crippen molar-refractivity contribution < 1.29 is 163 Å². The fraction of sp³-hybridized carbons (Fsp3) is 1.00. The molecule has 424 valence electrons. The van der Waals surface area contributed by atoms with E-state index in [0.29, 0.717) is 0 Å². The van der Waals surface area contributed by atoms with Gasteiger partial charge in [-0.15, -0.1) is 0 Å². The van der Waals surface area contributed by atoms with Crippen molar-refractivity contribution in [3.8, 4) is 0 Å². The van der Waals surface area contributed by atoms with Crippen LogP contribution in [0.2, 0.25) is 0 Å². The lowest BCUT2D eigenvalue weighted by Gasteiger charge is -2.29. The lowest BCUT2D eigenvalue weighted by molar-refractivity contribution is -0.264. The Morgan fingerprint density at radius 2 is 0.507 bits per heavy atom. The smallest absolute Gasteiger partial charge is 0.187 e. The highest BCUT2D eigenvalue weighted by atomic mass is 16.8. The number of ether oxygens (including phenoxy) is 15. The van der Waals surface area contributed by atoms with Gasteiger partial charge < -0.3 is 163 Å². The van der Waals surface area contributed by atoms with Gasteiger partial charge in [-0.05, 0) is 0 Å². The second kappa shape index (κ2) is 24.8. The minimum atomic E-state index is -1.72. The molecule has 0 bridgehead atoms. The molecule has 18 N–H and O–H groups in total. The molecule has 1 unspecified atom stereocenters. The molecule has 32 atom stereocenters. The molecular formula is C40H66O33. The Morgan fingerprint density at radius 1 is 0.233 bits per heavy atom. The van der Waals surface area contributed by atoms with E-state index in [1.54, 1.807) is 0 Å². The van der Waals surface area contributed by atoms with Crippen LogP contribution >= 0.6 is 0 Å². The summed E-state index contributed by atoms with van der Waals surface area (Å²) >= 11 is 0. The Labute approximate surface area is 412 Å². The lowest BCUT2D eigenvalue weighted by atomic mass is 10.1. The normalized spacial score (nSPS) is 53.2. The summed E-state index contributed by atoms with van der Waals surface area (Å²) in [6, 6.07) is 0. The molecular weight excluding hydrogens is 1010 g/mol. The fourth-order valence-corrected chi connectivity index (χ4v) is 9.33. The molecule has 0 aromatic carbocycles. The zero-order valence-electron chi connectivity index (χ0n) is 38.3. The van der Waals surface area contributed by atoms with Gasteiger partial charge >= 0.3 is 0 Å². The molecule has 33 nitrogen and oxygen atoms in total. The number of aliphatic hydroxyl groups excluding tert-OH is 18. The van der Waals surface area contributed by atoms with E-state index < -0.39 is 250 Å². The van der Waals surface area contributed by atoms with Crippen molar-refractivity contribution in [2.75, 3.05) is 52.9 Å². The molecule has 0 spiro atoms. The summed E-state index contributed by atoms with van der Waals surface area (Å²) in [5.74, 6) is 0. The number of hydrogen-bond donors (Lipinski definition) is 18. The molecule has 8 aliphatic heterocycles. The second-order valence-corrected chi connectivity index (χ2v) is 18.6. The summed E-state index contributed by atoms with van der Waals surface area (Å²) in [6.45, 7) is -4.81. The first-order valence-electron chi connectivity index (χ1n) is 23.4. The molecule has 0 saturated carbocycles. The van der Waals surface area contributed by atoms with Crippen molar-refractivity contribution >= 4 is 0 Å². The van der Waals surface area contributed by atoms with E-state index in [1.807, 2.05) is 0 Å². The largest absolute Gasteiger partial charge is 0.394 e. The quantitative estimate of drug-likeness (QED) is 0.0479. The van der Waals surface area contributed by atoms with E-state index in [9.17, 15) is 91.9 Å². The minimum Gasteiger partial charge on any atom is -0.394 e. The van der Waals surface area contributed by atoms with Crippen LogP contribution in [0.15, 0.2) is 0 Å². The van der Waals surface area contributed by atoms with E-state index in [4.69, 9.17) is 71.1 Å². The van der Waals surface area contributed by atoms with Gasteiger partial charge in [-0.3, -0.25) is 0 Å². The van der Waals surface area contributed by atoms with Gasteiger partial charge in [0.05, 0.1) is 52.9 Å². The van der Waals surface area contributed by atoms with Crippen molar-refractivity contribution in [2.45, 2.75) is 197 Å². The van der Waals surface area contributed by atoms with Gasteiger partial charge in [0.25, 0.3) is 0 Å². The highest BCUT2D eigenvalue weighted by molar-refractivity contribution is 4.97. The van der Waals surface area contributed by atoms with Crippen LogP contribution in [0.3, 0.4) is 0 Å². The average molecular weight is 1070 g/mol. The van der Waals surface area contributed by atoms with Gasteiger partial charge in [-0.25, -0.2) is 0 Å². The molecule has 73 heavy (non-hydrogen) atoms. The summed E-state index contributed by atoms with van der Waals surface area (Å²) in [6.07, 6.45) is -48.7. The fourth-order valence-electron chi connectivity index (χ4n) is 9.33. The molecule has 8 heterocycles. The van der Waals surface area contributed by atoms with Crippen molar-refractivity contribution in [3.05, 3.63) is 0 Å². The lowest BCUT2D eigenvalue weighted by Crippen LogP contribution is -2.47. The summed E-state index contributed by atoms with van der Waals surface area (Å²) in [5.41, 5.74) is 0. The highest BCUT2D eigenvalue weighted by Gasteiger charge is 2.56. The Morgan fingerprint density at radius 3 is 0.863 bits per heavy atom. The van der Waals surface area contributed by atoms with Crippen LogP contribution in [-0.2, 0) is 71.1 Å². The van der Waals surface area contributed by atoms with Crippen molar-refractivity contribution in [3.63, 3.8) is 0 Å². The summed E-state index contributed by atoms with van der Waals surface area (Å²) in [5, 5.41) is 186. The zero-order valence-corrected chi connectivity index (χ0v) is 38.3. The number of hydrogen-bond acceptors (Lipinski definition) is 33. The van der Waals surface area contributed by atoms with E-state index in [0.717, 1.165) is 0 Å². The predicted molar refractivity (Wildman–Crippen MR) is 216 cm³/mol. The molecule has 8 fully saturated rings. The zero-order chi connectivity index (χ0) is 52.7. The molecule has 0 aromatic rings. The first-order valence-corrected chi connectivity index (χ1v) is 23.4. The van der Waals surface area contributed by atoms with Gasteiger partial charge in [0.15, 0.2) is 50.3 Å². The van der Waals surface area contributed by atoms with Crippen molar-refractivity contribution in [1.82, 2.24) is 0 Å². The maximum absolute atomic E-state index is 11.2. The van der Waals surface area contributed by atoms with Crippen LogP contribution in [0.1, 0.15) is 0 Å². The monoisotopic (exact) mass is 1070 g/mol. The van der Waals surface area contributed by atoms with Crippen LogP contribution in [0.5, 0.6) is 0 Å². The molecule has 0 aromatic heterocycles. The molecule has 8 saturated heterocycles. The van der Waals surface area contributed by atoms with Crippen LogP contribution in [0, 0.1) is 0 Å². The molecule has 0 amide bonds. The molecule has 0 radical (unpaired) electrons. The van der Waals surface area contributed by atoms with E-state index >= 15 is 0 Å². The van der Waals surface area contributed by atoms with Gasteiger partial charge in [-0.1, -0.05) is 0 Å². The first-order chi connectivity index (χ1) is 34.8. The van der Waals surface area contributed by atoms with Crippen LogP contribution in [0.4, 0.5) is 0 Å². The molecule has 8 aliphatic rings. The maximum atomic E-state index is 11.2. The molecule has 0 aliphatic carbocycles. The van der Waals surface area contributed by atoms with Gasteiger partial charge in [0.2, 0.25) is 0 Å². The number of aliphatic hydroxyl groups is 18. The third kappa shape index (κ3) is 12.1. The minimum absolute atomic E-state index is 0.451. The van der Waals surface area contributed by atoms with Crippen molar-refractivity contribution in [1.29, 1.82) is 0 Å². The van der Waals surface area contributed by atoms with Crippen LogP contribution in [-0.4, -0.2) is 342 Å². The SMILES string of the molecule is OC[C@H]1O[C@@H](O[C@@H]2[C@@H](O[C@H]3[C@H](O)[C@@H](OC[C@H]4O[C@H](OC[C@H]5O[C@H](OC[C@H]6O[C@H](OC[C@H]7O[C@H](OC[C@H]8OC(O)[C@@H](O)[C@@H]8O)[C@@H](O)[C@@H]7O)[C@@H](O)[C@@H]6O)[C@@H](O)[C@@H]5O)[C@@H](O)[C@@H]4O)O[C@@H]3CO)O[C@H](CO)[C@H]2O)[C@@H](O)[C@@H]1O. The standard InChI is InChI=1S/C40H66O33/c41-1-9-17(44)29(56)39(65-9)73-32-23(50)10(2-42)66-40(32)72-31-11(3-43)67-38(30(31)57)63-8-16-22(49)28(55)37(71-16)62-7-15-21(48)27(54)36(70-15)61-6-14-20(47)26(53)35(69-14)60-5-13-19(46)25(52)34(68-13)59-4-12-18(45)24(51)33(58)64-12/h9-58H,1-8H2/t9-,10-,11-,12-,13-,14-,15-,16-,17-,18-,19-,20-,21-,22-,23-,24+,25+,26+,27+,28+,29+,30+,31-,32+,33?,34+,35+,36+,37+,38+,39+,40-/m1/s1. The van der Waals surface area contributed by atoms with E-state index in [-0.39, 0.29) is 0 Å². The molecule has 8 rings (SSSR count). The van der Waals surface area contributed by atoms with Gasteiger partial charge in [0.1, 0.15) is 146 Å². The van der Waals surface area contributed by atoms with E-state index in [2.05, 4.69) is 0 Å². The van der Waals surface area contributed by atoms with Gasteiger partial charge in [0, 0.05) is 0 Å². The average Bonchev–Trinajstić information content (AvgIpc) is 4.24. The topological polar surface area (TPSA) is 503 Å². The Hall–Kier alpha value is -1.32. The Balaban J connectivity index is 0.756. The third-order valence-electron chi connectivity index (χ3n) is 13.8. The highest BCUT2D eigenvalue weighted by Crippen LogP contribution is 2.36. The van der Waals surface area contributed by atoms with E-state index in [1.165, 1.54) is 0 Å². The summed E-state index contributed by atoms with van der Waals surface area (Å²) in [7, 11) is 0. The summed E-state index contributed by atoms with van der Waals surface area (Å²) in [4.78, 5) is 0. The van der Waals surface area contributed by atoms with Gasteiger partial charge in [-0.2, -0.15) is 0 Å². The van der Waals surface area contributed by atoms with Crippen LogP contribution in [0.25, 0.3) is 0 Å². The molecule has 33 heteroatoms. The van der Waals surface area contributed by atoms with Crippen LogP contribution < -0.4 is 0 Å². The first kappa shape index (κ1) is 57.8.